The maximum Gasteiger partial charge on any atom is 0.255 e. The first kappa shape index (κ1) is 20.8. The molecule has 0 spiro atoms. The van der Waals surface area contributed by atoms with Crippen LogP contribution in [0.4, 0.5) is 33.2 Å². The van der Waals surface area contributed by atoms with Gasteiger partial charge in [0.25, 0.3) is 5.91 Å². The lowest BCUT2D eigenvalue weighted by Gasteiger charge is -2.10. The first-order valence-electron chi connectivity index (χ1n) is 9.80. The van der Waals surface area contributed by atoms with E-state index < -0.39 is 5.82 Å². The van der Waals surface area contributed by atoms with Gasteiger partial charge in [0, 0.05) is 22.6 Å². The summed E-state index contributed by atoms with van der Waals surface area (Å²) in [7, 11) is 0. The second-order valence-corrected chi connectivity index (χ2v) is 7.09. The van der Waals surface area contributed by atoms with E-state index >= 15 is 0 Å². The fourth-order valence-electron chi connectivity index (χ4n) is 2.96. The Labute approximate surface area is 184 Å². The third kappa shape index (κ3) is 5.17. The SMILES string of the molecule is Cc1cccc(NC(=O)c2ccc(Nc3nc(Nc4ccc(O)cc4)ncc3F)cc2)c1. The molecule has 0 aliphatic carbocycles. The maximum atomic E-state index is 14.2. The van der Waals surface area contributed by atoms with Crippen molar-refractivity contribution in [3.8, 4) is 5.75 Å². The number of nitrogens with zero attached hydrogens (tertiary/aromatic N) is 2. The van der Waals surface area contributed by atoms with Gasteiger partial charge in [-0.3, -0.25) is 4.79 Å². The van der Waals surface area contributed by atoms with Gasteiger partial charge in [-0.15, -0.1) is 0 Å². The number of phenolic OH excluding ortho intramolecular Hbond substituents is 1. The van der Waals surface area contributed by atoms with Gasteiger partial charge in [0.1, 0.15) is 5.75 Å². The highest BCUT2D eigenvalue weighted by Gasteiger charge is 2.10. The van der Waals surface area contributed by atoms with Crippen molar-refractivity contribution >= 4 is 34.7 Å². The van der Waals surface area contributed by atoms with Crippen molar-refractivity contribution in [3.63, 3.8) is 0 Å². The second-order valence-electron chi connectivity index (χ2n) is 7.09. The number of rotatable bonds is 6. The highest BCUT2D eigenvalue weighted by atomic mass is 19.1. The Kier molecular flexibility index (Phi) is 5.94. The van der Waals surface area contributed by atoms with Crippen molar-refractivity contribution in [2.45, 2.75) is 6.92 Å². The standard InChI is InChI=1S/C24H20FN5O2/c1-15-3-2-4-19(13-15)28-23(32)16-5-7-17(8-6-16)27-22-21(25)14-26-24(30-22)29-18-9-11-20(31)12-10-18/h2-14,31H,1H3,(H,28,32)(H2,26,27,29,30). The number of nitrogens with one attached hydrogen (secondary N) is 3. The minimum Gasteiger partial charge on any atom is -0.508 e. The van der Waals surface area contributed by atoms with Crippen molar-refractivity contribution in [3.05, 3.63) is 95.9 Å². The summed E-state index contributed by atoms with van der Waals surface area (Å²) in [5.74, 6) is -0.556. The summed E-state index contributed by atoms with van der Waals surface area (Å²) >= 11 is 0. The van der Waals surface area contributed by atoms with Crippen molar-refractivity contribution in [2.24, 2.45) is 0 Å². The highest BCUT2D eigenvalue weighted by Crippen LogP contribution is 2.22. The van der Waals surface area contributed by atoms with Crippen molar-refractivity contribution in [1.82, 2.24) is 9.97 Å². The van der Waals surface area contributed by atoms with Crippen molar-refractivity contribution < 1.29 is 14.3 Å². The molecule has 1 aromatic heterocycles. The van der Waals surface area contributed by atoms with Gasteiger partial charge in [-0.05, 0) is 73.2 Å². The van der Waals surface area contributed by atoms with E-state index in [1.54, 1.807) is 36.4 Å². The number of amides is 1. The molecule has 0 unspecified atom stereocenters. The lowest BCUT2D eigenvalue weighted by Crippen LogP contribution is -2.11. The monoisotopic (exact) mass is 429 g/mol. The molecular weight excluding hydrogens is 409 g/mol. The molecule has 160 valence electrons. The number of anilines is 5. The van der Waals surface area contributed by atoms with E-state index in [2.05, 4.69) is 25.9 Å². The summed E-state index contributed by atoms with van der Waals surface area (Å²) in [5.41, 5.74) is 3.44. The third-order valence-corrected chi connectivity index (χ3v) is 4.55. The van der Waals surface area contributed by atoms with Crippen LogP contribution >= 0.6 is 0 Å². The Hall–Kier alpha value is -4.46. The van der Waals surface area contributed by atoms with Gasteiger partial charge < -0.3 is 21.1 Å². The average Bonchev–Trinajstić information content (AvgIpc) is 2.78. The summed E-state index contributed by atoms with van der Waals surface area (Å²) in [6.07, 6.45) is 1.06. The Morgan fingerprint density at radius 2 is 1.59 bits per heavy atom. The number of aromatic nitrogens is 2. The molecule has 4 aromatic rings. The molecule has 8 heteroatoms. The molecule has 4 N–H and O–H groups in total. The van der Waals surface area contributed by atoms with Crippen LogP contribution in [0.2, 0.25) is 0 Å². The molecule has 4 rings (SSSR count). The number of carbonyl (C=O) groups excluding carboxylic acids is 1. The number of hydrogen-bond donors (Lipinski definition) is 4. The van der Waals surface area contributed by atoms with E-state index in [0.29, 0.717) is 22.6 Å². The first-order chi connectivity index (χ1) is 15.5. The van der Waals surface area contributed by atoms with E-state index in [9.17, 15) is 14.3 Å². The predicted octanol–water partition coefficient (Wildman–Crippen LogP) is 5.37. The van der Waals surface area contributed by atoms with Crippen LogP contribution in [-0.2, 0) is 0 Å². The van der Waals surface area contributed by atoms with Crippen molar-refractivity contribution in [1.29, 1.82) is 0 Å². The lowest BCUT2D eigenvalue weighted by atomic mass is 10.1. The lowest BCUT2D eigenvalue weighted by molar-refractivity contribution is 0.102. The van der Waals surface area contributed by atoms with Gasteiger partial charge >= 0.3 is 0 Å². The molecule has 0 bridgehead atoms. The van der Waals surface area contributed by atoms with Crippen LogP contribution in [0, 0.1) is 12.7 Å². The molecule has 0 saturated carbocycles. The fraction of sp³-hybridized carbons (Fsp3) is 0.0417. The van der Waals surface area contributed by atoms with Gasteiger partial charge in [-0.1, -0.05) is 12.1 Å². The Morgan fingerprint density at radius 3 is 2.31 bits per heavy atom. The van der Waals surface area contributed by atoms with Crippen molar-refractivity contribution in [2.75, 3.05) is 16.0 Å². The molecule has 3 aromatic carbocycles. The van der Waals surface area contributed by atoms with Gasteiger partial charge in [0.2, 0.25) is 5.95 Å². The molecule has 0 fully saturated rings. The van der Waals surface area contributed by atoms with Crippen LogP contribution in [0.25, 0.3) is 0 Å². The Bertz CT molecular complexity index is 1240. The number of benzene rings is 3. The molecule has 1 amide bonds. The van der Waals surface area contributed by atoms with Gasteiger partial charge in [0.15, 0.2) is 11.6 Å². The molecule has 0 aliphatic rings. The van der Waals surface area contributed by atoms with Gasteiger partial charge in [-0.25, -0.2) is 9.37 Å². The molecule has 7 nitrogen and oxygen atoms in total. The zero-order valence-electron chi connectivity index (χ0n) is 17.1. The van der Waals surface area contributed by atoms with Crippen LogP contribution in [0.3, 0.4) is 0 Å². The number of carbonyl (C=O) groups is 1. The van der Waals surface area contributed by atoms with E-state index in [-0.39, 0.29) is 23.4 Å². The molecule has 0 radical (unpaired) electrons. The first-order valence-corrected chi connectivity index (χ1v) is 9.80. The minimum atomic E-state index is -0.623. The number of hydrogen-bond acceptors (Lipinski definition) is 6. The summed E-state index contributed by atoms with van der Waals surface area (Å²) in [6.45, 7) is 1.95. The normalized spacial score (nSPS) is 10.4. The predicted molar refractivity (Wildman–Crippen MR) is 122 cm³/mol. The minimum absolute atomic E-state index is 0.0155. The quantitative estimate of drug-likeness (QED) is 0.308. The molecular formula is C24H20FN5O2. The van der Waals surface area contributed by atoms with E-state index in [4.69, 9.17) is 0 Å². The topological polar surface area (TPSA) is 99.2 Å². The number of aromatic hydroxyl groups is 1. The smallest absolute Gasteiger partial charge is 0.255 e. The summed E-state index contributed by atoms with van der Waals surface area (Å²) < 4.78 is 14.2. The average molecular weight is 429 g/mol. The Balaban J connectivity index is 1.44. The fourth-order valence-corrected chi connectivity index (χ4v) is 2.96. The molecule has 0 saturated heterocycles. The Morgan fingerprint density at radius 1 is 0.906 bits per heavy atom. The zero-order chi connectivity index (χ0) is 22.5. The van der Waals surface area contributed by atoms with E-state index in [1.165, 1.54) is 12.1 Å². The van der Waals surface area contributed by atoms with Gasteiger partial charge in [0.05, 0.1) is 6.20 Å². The van der Waals surface area contributed by atoms with Crippen LogP contribution in [0.5, 0.6) is 5.75 Å². The van der Waals surface area contributed by atoms with Crippen LogP contribution in [-0.4, -0.2) is 21.0 Å². The van der Waals surface area contributed by atoms with Crippen LogP contribution < -0.4 is 16.0 Å². The zero-order valence-corrected chi connectivity index (χ0v) is 17.1. The number of aryl methyl sites for hydroxylation is 1. The molecule has 0 atom stereocenters. The summed E-state index contributed by atoms with van der Waals surface area (Å²) in [4.78, 5) is 20.5. The van der Waals surface area contributed by atoms with Crippen LogP contribution in [0.15, 0.2) is 79.0 Å². The summed E-state index contributed by atoms with van der Waals surface area (Å²) in [6, 6.07) is 20.5. The van der Waals surface area contributed by atoms with Crippen LogP contribution in [0.1, 0.15) is 15.9 Å². The second kappa shape index (κ2) is 9.13. The molecule has 32 heavy (non-hydrogen) atoms. The maximum absolute atomic E-state index is 14.2. The molecule has 1 heterocycles. The highest BCUT2D eigenvalue weighted by molar-refractivity contribution is 6.04. The van der Waals surface area contributed by atoms with Gasteiger partial charge in [-0.2, -0.15) is 4.98 Å². The number of halogens is 1. The van der Waals surface area contributed by atoms with E-state index in [0.717, 1.165) is 11.8 Å². The molecule has 0 aliphatic heterocycles. The number of phenols is 1. The largest absolute Gasteiger partial charge is 0.508 e. The third-order valence-electron chi connectivity index (χ3n) is 4.55. The van der Waals surface area contributed by atoms with E-state index in [1.807, 2.05) is 31.2 Å². The summed E-state index contributed by atoms with van der Waals surface area (Å²) in [5, 5.41) is 18.0.